The van der Waals surface area contributed by atoms with Gasteiger partial charge in [-0.3, -0.25) is 4.79 Å². The van der Waals surface area contributed by atoms with Crippen LogP contribution in [0, 0.1) is 0 Å². The number of carbonyl (C=O) groups excluding carboxylic acids is 1. The topological polar surface area (TPSA) is 59.0 Å². The summed E-state index contributed by atoms with van der Waals surface area (Å²) in [7, 11) is 0. The van der Waals surface area contributed by atoms with Gasteiger partial charge in [-0.15, -0.1) is 0 Å². The molecule has 5 heteroatoms. The number of para-hydroxylation sites is 2. The molecule has 1 heterocycles. The van der Waals surface area contributed by atoms with E-state index in [1.165, 1.54) is 18.0 Å². The third kappa shape index (κ3) is 3.88. The van der Waals surface area contributed by atoms with Gasteiger partial charge in [0, 0.05) is 25.7 Å². The number of anilines is 1. The first-order valence-corrected chi connectivity index (χ1v) is 8.63. The molecule has 0 aliphatic heterocycles. The number of benzene rings is 2. The Labute approximate surface area is 148 Å². The zero-order valence-electron chi connectivity index (χ0n) is 14.9. The van der Waals surface area contributed by atoms with Crippen molar-refractivity contribution in [1.82, 2.24) is 14.9 Å². The minimum absolute atomic E-state index is 0.0574. The van der Waals surface area contributed by atoms with Crippen LogP contribution in [0.15, 0.2) is 48.5 Å². The second kappa shape index (κ2) is 7.49. The van der Waals surface area contributed by atoms with Gasteiger partial charge < -0.3 is 15.2 Å². The fraction of sp³-hybridized carbons (Fsp3) is 0.300. The average Bonchev–Trinajstić information content (AvgIpc) is 2.99. The molecule has 0 aliphatic rings. The first-order valence-electron chi connectivity index (χ1n) is 8.63. The summed E-state index contributed by atoms with van der Waals surface area (Å²) in [6.07, 6.45) is 0. The highest BCUT2D eigenvalue weighted by atomic mass is 16.1. The first kappa shape index (κ1) is 17.2. The molecule has 25 heavy (non-hydrogen) atoms. The van der Waals surface area contributed by atoms with Gasteiger partial charge in [-0.2, -0.15) is 0 Å². The Hall–Kier alpha value is -2.66. The van der Waals surface area contributed by atoms with E-state index in [1.54, 1.807) is 0 Å². The Kier molecular flexibility index (Phi) is 5.14. The Morgan fingerprint density at radius 3 is 2.56 bits per heavy atom. The van der Waals surface area contributed by atoms with Crippen molar-refractivity contribution in [3.63, 3.8) is 0 Å². The number of hydrogen-bond acceptors (Lipinski definition) is 3. The molecule has 0 fully saturated rings. The van der Waals surface area contributed by atoms with Crippen molar-refractivity contribution in [3.05, 3.63) is 59.9 Å². The molecule has 1 unspecified atom stereocenters. The third-order valence-corrected chi connectivity index (χ3v) is 4.27. The molecule has 0 saturated carbocycles. The van der Waals surface area contributed by atoms with E-state index in [-0.39, 0.29) is 11.9 Å². The van der Waals surface area contributed by atoms with Gasteiger partial charge in [0.1, 0.15) is 5.82 Å². The molecular weight excluding hydrogens is 312 g/mol. The van der Waals surface area contributed by atoms with Crippen molar-refractivity contribution in [1.29, 1.82) is 0 Å². The van der Waals surface area contributed by atoms with Gasteiger partial charge in [0.2, 0.25) is 5.91 Å². The molecule has 1 amide bonds. The summed E-state index contributed by atoms with van der Waals surface area (Å²) in [6, 6.07) is 16.3. The molecule has 130 valence electrons. The fourth-order valence-electron chi connectivity index (χ4n) is 3.03. The van der Waals surface area contributed by atoms with Gasteiger partial charge >= 0.3 is 0 Å². The molecule has 0 radical (unpaired) electrons. The van der Waals surface area contributed by atoms with Crippen LogP contribution >= 0.6 is 0 Å². The number of amides is 1. The summed E-state index contributed by atoms with van der Waals surface area (Å²) >= 11 is 0. The lowest BCUT2D eigenvalue weighted by Crippen LogP contribution is -2.21. The zero-order chi connectivity index (χ0) is 17.8. The van der Waals surface area contributed by atoms with Crippen molar-refractivity contribution in [2.24, 2.45) is 0 Å². The Morgan fingerprint density at radius 2 is 1.88 bits per heavy atom. The Morgan fingerprint density at radius 1 is 1.16 bits per heavy atom. The molecule has 3 aromatic rings. The molecular formula is C20H24N4O. The number of carbonyl (C=O) groups is 1. The molecule has 0 spiro atoms. The molecule has 2 aromatic carbocycles. The van der Waals surface area contributed by atoms with Crippen LogP contribution in [0.1, 0.15) is 38.2 Å². The van der Waals surface area contributed by atoms with Gasteiger partial charge in [0.25, 0.3) is 0 Å². The Bertz CT molecular complexity index is 867. The molecule has 2 N–H and O–H groups in total. The van der Waals surface area contributed by atoms with Crippen LogP contribution in [0.4, 0.5) is 5.69 Å². The monoisotopic (exact) mass is 336 g/mol. The molecule has 0 bridgehead atoms. The lowest BCUT2D eigenvalue weighted by atomic mass is 10.2. The Balaban J connectivity index is 1.70. The maximum Gasteiger partial charge on any atom is 0.221 e. The number of aromatic nitrogens is 2. The van der Waals surface area contributed by atoms with E-state index in [9.17, 15) is 4.79 Å². The molecule has 1 aromatic heterocycles. The summed E-state index contributed by atoms with van der Waals surface area (Å²) in [5, 5.41) is 6.32. The number of rotatable bonds is 6. The number of fused-ring (bicyclic) bond motifs is 1. The van der Waals surface area contributed by atoms with E-state index in [1.807, 2.05) is 30.3 Å². The second-order valence-electron chi connectivity index (χ2n) is 6.18. The predicted molar refractivity (Wildman–Crippen MR) is 101 cm³/mol. The summed E-state index contributed by atoms with van der Waals surface area (Å²) in [5.74, 6) is 0.997. The van der Waals surface area contributed by atoms with Gasteiger partial charge in [-0.05, 0) is 43.7 Å². The van der Waals surface area contributed by atoms with Crippen molar-refractivity contribution >= 4 is 22.6 Å². The lowest BCUT2D eigenvalue weighted by Gasteiger charge is -2.15. The van der Waals surface area contributed by atoms with Crippen LogP contribution in [-0.4, -0.2) is 15.5 Å². The average molecular weight is 336 g/mol. The fourth-order valence-corrected chi connectivity index (χ4v) is 3.03. The molecule has 5 nitrogen and oxygen atoms in total. The van der Waals surface area contributed by atoms with Crippen LogP contribution in [0.5, 0.6) is 0 Å². The lowest BCUT2D eigenvalue weighted by molar-refractivity contribution is -0.114. The van der Waals surface area contributed by atoms with E-state index in [0.29, 0.717) is 0 Å². The first-order chi connectivity index (χ1) is 12.1. The SMILES string of the molecule is CCn1c(C(C)NCc2ccc(NC(C)=O)cc2)nc2ccccc21. The highest BCUT2D eigenvalue weighted by Crippen LogP contribution is 2.21. The number of imidazole rings is 1. The highest BCUT2D eigenvalue weighted by molar-refractivity contribution is 5.88. The smallest absolute Gasteiger partial charge is 0.221 e. The van der Waals surface area contributed by atoms with E-state index in [2.05, 4.69) is 47.2 Å². The maximum atomic E-state index is 11.1. The zero-order valence-corrected chi connectivity index (χ0v) is 14.9. The number of hydrogen-bond donors (Lipinski definition) is 2. The molecule has 0 aliphatic carbocycles. The van der Waals surface area contributed by atoms with E-state index in [4.69, 9.17) is 4.98 Å². The highest BCUT2D eigenvalue weighted by Gasteiger charge is 2.15. The van der Waals surface area contributed by atoms with Crippen molar-refractivity contribution in [2.75, 3.05) is 5.32 Å². The van der Waals surface area contributed by atoms with E-state index >= 15 is 0 Å². The third-order valence-electron chi connectivity index (χ3n) is 4.27. The molecule has 0 saturated heterocycles. The minimum Gasteiger partial charge on any atom is -0.327 e. The molecule has 1 atom stereocenters. The standard InChI is InChI=1S/C20H24N4O/c1-4-24-19-8-6-5-7-18(19)23-20(24)14(2)21-13-16-9-11-17(12-10-16)22-15(3)25/h5-12,14,21H,4,13H2,1-3H3,(H,22,25). The van der Waals surface area contributed by atoms with Gasteiger partial charge in [-0.25, -0.2) is 4.98 Å². The van der Waals surface area contributed by atoms with Crippen LogP contribution in [-0.2, 0) is 17.9 Å². The van der Waals surface area contributed by atoms with E-state index in [0.717, 1.165) is 30.1 Å². The summed E-state index contributed by atoms with van der Waals surface area (Å²) < 4.78 is 2.26. The quantitative estimate of drug-likeness (QED) is 0.718. The minimum atomic E-state index is -0.0574. The molecule has 3 rings (SSSR count). The number of nitrogens with one attached hydrogen (secondary N) is 2. The van der Waals surface area contributed by atoms with Crippen LogP contribution < -0.4 is 10.6 Å². The normalized spacial score (nSPS) is 12.3. The summed E-state index contributed by atoms with van der Waals surface area (Å²) in [4.78, 5) is 15.9. The predicted octanol–water partition coefficient (Wildman–Crippen LogP) is 3.87. The largest absolute Gasteiger partial charge is 0.327 e. The maximum absolute atomic E-state index is 11.1. The summed E-state index contributed by atoms with van der Waals surface area (Å²) in [5.41, 5.74) is 4.19. The van der Waals surface area contributed by atoms with Crippen molar-refractivity contribution in [2.45, 2.75) is 39.9 Å². The number of nitrogens with zero attached hydrogens (tertiary/aromatic N) is 2. The van der Waals surface area contributed by atoms with E-state index < -0.39 is 0 Å². The van der Waals surface area contributed by atoms with Gasteiger partial charge in [-0.1, -0.05) is 24.3 Å². The van der Waals surface area contributed by atoms with Crippen molar-refractivity contribution in [3.8, 4) is 0 Å². The summed E-state index contributed by atoms with van der Waals surface area (Å²) in [6.45, 7) is 7.43. The van der Waals surface area contributed by atoms with Crippen LogP contribution in [0.3, 0.4) is 0 Å². The number of aryl methyl sites for hydroxylation is 1. The van der Waals surface area contributed by atoms with Crippen LogP contribution in [0.25, 0.3) is 11.0 Å². The van der Waals surface area contributed by atoms with Gasteiger partial charge in [0.05, 0.1) is 17.1 Å². The second-order valence-corrected chi connectivity index (χ2v) is 6.18. The van der Waals surface area contributed by atoms with Crippen LogP contribution in [0.2, 0.25) is 0 Å². The van der Waals surface area contributed by atoms with Gasteiger partial charge in [0.15, 0.2) is 0 Å². The van der Waals surface area contributed by atoms with Crippen molar-refractivity contribution < 1.29 is 4.79 Å².